The molecule has 8 atom stereocenters. The largest absolute Gasteiger partial charge is 0.493 e. The Hall–Kier alpha value is -8.92. The van der Waals surface area contributed by atoms with Gasteiger partial charge in [0, 0.05) is 35.0 Å². The van der Waals surface area contributed by atoms with Gasteiger partial charge < -0.3 is 67.5 Å². The number of esters is 2. The molecule has 16 heteroatoms. The van der Waals surface area contributed by atoms with Crippen LogP contribution in [0, 0.1) is 23.7 Å². The number of ether oxygens (including phenoxy) is 12. The van der Waals surface area contributed by atoms with E-state index < -0.39 is 23.7 Å². The Labute approximate surface area is 450 Å². The smallest absolute Gasteiger partial charge is 0.310 e. The third kappa shape index (κ3) is 8.02. The number of cyclic esters (lactones) is 2. The predicted octanol–water partition coefficient (Wildman–Crippen LogP) is 10.7. The molecule has 0 spiro atoms. The van der Waals surface area contributed by atoms with E-state index in [1.54, 1.807) is 42.7 Å². The number of methoxy groups -OCH3 is 6. The molecule has 7 aromatic rings. The summed E-state index contributed by atoms with van der Waals surface area (Å²) in [5.74, 6) is 2.72. The van der Waals surface area contributed by atoms with Crippen LogP contribution < -0.4 is 58.0 Å². The highest BCUT2D eigenvalue weighted by molar-refractivity contribution is 5.81. The normalized spacial score (nSPS) is 22.7. The Morgan fingerprint density at radius 3 is 1.00 bits per heavy atom. The molecule has 2 N–H and O–H groups in total. The Balaban J connectivity index is 0.745. The summed E-state index contributed by atoms with van der Waals surface area (Å²) in [7, 11) is 9.46. The van der Waals surface area contributed by atoms with Gasteiger partial charge in [0.25, 0.3) is 0 Å². The van der Waals surface area contributed by atoms with Crippen molar-refractivity contribution in [2.45, 2.75) is 23.9 Å². The molecule has 4 heterocycles. The zero-order valence-corrected chi connectivity index (χ0v) is 43.7. The van der Waals surface area contributed by atoms with Gasteiger partial charge in [-0.3, -0.25) is 9.59 Å². The van der Waals surface area contributed by atoms with Crippen LogP contribution in [0.1, 0.15) is 57.3 Å². The van der Waals surface area contributed by atoms with E-state index in [-0.39, 0.29) is 62.7 Å². The van der Waals surface area contributed by atoms with E-state index in [9.17, 15) is 9.59 Å². The molecule has 0 saturated carbocycles. The van der Waals surface area contributed by atoms with Crippen LogP contribution in [0.15, 0.2) is 121 Å². The van der Waals surface area contributed by atoms with Crippen LogP contribution in [-0.4, -0.2) is 81.4 Å². The average molecular weight is 1050 g/mol. The Morgan fingerprint density at radius 2 is 0.692 bits per heavy atom. The monoisotopic (exact) mass is 1050 g/mol. The lowest BCUT2D eigenvalue weighted by atomic mass is 9.65. The molecule has 4 aliphatic heterocycles. The summed E-state index contributed by atoms with van der Waals surface area (Å²) in [6, 6.07) is 40.3. The molecule has 398 valence electrons. The number of carbonyl (C=O) groups is 2. The summed E-state index contributed by atoms with van der Waals surface area (Å²) in [6.45, 7) is 0.727. The van der Waals surface area contributed by atoms with E-state index in [1.165, 1.54) is 0 Å². The highest BCUT2D eigenvalue weighted by Crippen LogP contribution is 2.58. The molecule has 2 aliphatic carbocycles. The highest BCUT2D eigenvalue weighted by atomic mass is 16.7. The van der Waals surface area contributed by atoms with E-state index in [1.807, 2.05) is 48.5 Å². The first-order valence-electron chi connectivity index (χ1n) is 25.8. The van der Waals surface area contributed by atoms with Crippen molar-refractivity contribution in [1.82, 2.24) is 0 Å². The number of hydrogen-bond donors (Lipinski definition) is 2. The third-order valence-electron chi connectivity index (χ3n) is 16.4. The maximum Gasteiger partial charge on any atom is 0.310 e. The molecular formula is C62H56N2O14. The van der Waals surface area contributed by atoms with E-state index in [0.717, 1.165) is 67.0 Å². The molecule has 7 aromatic carbocycles. The molecule has 0 amide bonds. The van der Waals surface area contributed by atoms with Gasteiger partial charge in [0.05, 0.1) is 79.8 Å². The van der Waals surface area contributed by atoms with Crippen molar-refractivity contribution in [2.24, 2.45) is 23.7 Å². The van der Waals surface area contributed by atoms with E-state index >= 15 is 0 Å². The van der Waals surface area contributed by atoms with E-state index in [2.05, 4.69) is 83.4 Å². The summed E-state index contributed by atoms with van der Waals surface area (Å²) in [5, 5.41) is 7.59. The molecule has 0 aromatic heterocycles. The van der Waals surface area contributed by atoms with Gasteiger partial charge in [0.2, 0.25) is 25.1 Å². The lowest BCUT2D eigenvalue weighted by Crippen LogP contribution is -2.37. The molecular weight excluding hydrogens is 997 g/mol. The molecule has 0 unspecified atom stereocenters. The van der Waals surface area contributed by atoms with Crippen LogP contribution in [0.5, 0.6) is 57.5 Å². The second-order valence-electron chi connectivity index (χ2n) is 20.2. The number of benzene rings is 7. The van der Waals surface area contributed by atoms with Crippen molar-refractivity contribution in [2.75, 3.05) is 80.1 Å². The van der Waals surface area contributed by atoms with E-state index in [0.29, 0.717) is 57.5 Å². The quantitative estimate of drug-likeness (QED) is 0.0986. The average Bonchev–Trinajstić information content (AvgIpc) is 4.48. The first-order chi connectivity index (χ1) is 38.2. The fraction of sp³-hybridized carbons (Fsp3) is 0.290. The predicted molar refractivity (Wildman–Crippen MR) is 287 cm³/mol. The van der Waals surface area contributed by atoms with Crippen molar-refractivity contribution in [3.63, 3.8) is 0 Å². The lowest BCUT2D eigenvalue weighted by molar-refractivity contribution is -0.142. The summed E-state index contributed by atoms with van der Waals surface area (Å²) >= 11 is 0. The molecule has 2 saturated heterocycles. The first-order valence-corrected chi connectivity index (χ1v) is 25.8. The topological polar surface area (TPSA) is 169 Å². The van der Waals surface area contributed by atoms with Crippen LogP contribution >= 0.6 is 0 Å². The number of rotatable bonds is 14. The Morgan fingerprint density at radius 1 is 0.385 bits per heavy atom. The van der Waals surface area contributed by atoms with Crippen molar-refractivity contribution >= 4 is 23.3 Å². The molecule has 0 bridgehead atoms. The molecule has 16 nitrogen and oxygen atoms in total. The molecule has 6 aliphatic rings. The van der Waals surface area contributed by atoms with Crippen molar-refractivity contribution in [3.05, 3.63) is 155 Å². The zero-order valence-electron chi connectivity index (χ0n) is 43.7. The second-order valence-corrected chi connectivity index (χ2v) is 20.2. The summed E-state index contributed by atoms with van der Waals surface area (Å²) < 4.78 is 69.6. The maximum absolute atomic E-state index is 13.8. The minimum atomic E-state index is -0.512. The third-order valence-corrected chi connectivity index (χ3v) is 16.4. The highest BCUT2D eigenvalue weighted by Gasteiger charge is 2.54. The van der Waals surface area contributed by atoms with Gasteiger partial charge in [-0.15, -0.1) is 0 Å². The van der Waals surface area contributed by atoms with Gasteiger partial charge in [0.1, 0.15) is 0 Å². The van der Waals surface area contributed by atoms with E-state index in [4.69, 9.17) is 56.8 Å². The SMILES string of the molecule is COc1cc([C@@H]2c3cc4c(cc3[C@@H](Nc3ccc(-c5ccc(-c6ccc(N[C@@H]7c8cc9c(cc8[C@@H](c8cc(OC)c(OC)c(OC)c8)[C@H]8C(=O)OC[C@@H]87)OCO9)cc6)cc5)cc3)[C@H]3COC(=O)[C@H]23)OCO4)cc(OC)c1OC. The standard InChI is InChI=1S/C62H56N2O14/c1-67-49-19-35(20-50(68-2)59(49)71-5)53-39-23-45-47(77-29-75-45)25-41(39)57(43-27-73-61(65)55(43)53)63-37-15-11-33(12-16-37)31-7-9-32(10-8-31)34-13-17-38(18-14-34)64-58-42-26-48-46(76-30-78-48)24-40(42)54(56-44(58)28-74-62(56)66)36-21-51(69-3)60(72-6)52(22-36)70-4/h7-26,43-44,53-58,63-64H,27-30H2,1-6H3/t43-,44-,53+,54+,55-,56-,57+,58+/m0/s1. The summed E-state index contributed by atoms with van der Waals surface area (Å²) in [5.41, 5.74) is 11.5. The van der Waals surface area contributed by atoms with Gasteiger partial charge in [-0.2, -0.15) is 0 Å². The van der Waals surface area contributed by atoms with Crippen molar-refractivity contribution in [3.8, 4) is 79.7 Å². The minimum Gasteiger partial charge on any atom is -0.493 e. The van der Waals surface area contributed by atoms with Crippen LogP contribution in [0.2, 0.25) is 0 Å². The van der Waals surface area contributed by atoms with Crippen LogP contribution in [0.25, 0.3) is 22.3 Å². The van der Waals surface area contributed by atoms with Crippen LogP contribution in [0.3, 0.4) is 0 Å². The van der Waals surface area contributed by atoms with Gasteiger partial charge >= 0.3 is 11.9 Å². The molecule has 13 rings (SSSR count). The second kappa shape index (κ2) is 19.6. The summed E-state index contributed by atoms with van der Waals surface area (Å²) in [4.78, 5) is 27.7. The molecule has 2 fully saturated rings. The van der Waals surface area contributed by atoms with Gasteiger partial charge in [-0.25, -0.2) is 0 Å². The fourth-order valence-electron chi connectivity index (χ4n) is 12.8. The fourth-order valence-corrected chi connectivity index (χ4v) is 12.8. The Kier molecular flexibility index (Phi) is 12.2. The van der Waals surface area contributed by atoms with Crippen LogP contribution in [0.4, 0.5) is 11.4 Å². The minimum absolute atomic E-state index is 0.113. The number of hydrogen-bond acceptors (Lipinski definition) is 16. The Bertz CT molecular complexity index is 3210. The zero-order chi connectivity index (χ0) is 53.3. The lowest BCUT2D eigenvalue weighted by Gasteiger charge is -2.40. The van der Waals surface area contributed by atoms with Gasteiger partial charge in [-0.05, 0) is 128 Å². The number of anilines is 2. The maximum atomic E-state index is 13.8. The number of carbonyl (C=O) groups excluding carboxylic acids is 2. The van der Waals surface area contributed by atoms with Crippen LogP contribution in [-0.2, 0) is 19.1 Å². The molecule has 0 radical (unpaired) electrons. The van der Waals surface area contributed by atoms with Gasteiger partial charge in [-0.1, -0.05) is 48.5 Å². The summed E-state index contributed by atoms with van der Waals surface area (Å²) in [6.07, 6.45) is 0. The number of nitrogens with one attached hydrogen (secondary N) is 2. The van der Waals surface area contributed by atoms with Crippen molar-refractivity contribution in [1.29, 1.82) is 0 Å². The van der Waals surface area contributed by atoms with Crippen molar-refractivity contribution < 1.29 is 66.4 Å². The first kappa shape index (κ1) is 48.7. The van der Waals surface area contributed by atoms with Gasteiger partial charge in [0.15, 0.2) is 46.0 Å². The molecule has 78 heavy (non-hydrogen) atoms. The number of fused-ring (bicyclic) bond motifs is 6.